The SMILES string of the molecule is COc1cccc(C=Cc2onc(C)c2[N+](=O)[O-])c1OCC(=O)[O-]. The van der Waals surface area contributed by atoms with Gasteiger partial charge in [-0.15, -0.1) is 0 Å². The lowest BCUT2D eigenvalue weighted by molar-refractivity contribution is -0.386. The van der Waals surface area contributed by atoms with Crippen molar-refractivity contribution in [2.24, 2.45) is 0 Å². The third-order valence-corrected chi connectivity index (χ3v) is 3.02. The fourth-order valence-electron chi connectivity index (χ4n) is 1.99. The molecule has 0 saturated carbocycles. The predicted molar refractivity (Wildman–Crippen MR) is 80.3 cm³/mol. The van der Waals surface area contributed by atoms with Crippen LogP contribution in [0.1, 0.15) is 17.0 Å². The topological polar surface area (TPSA) is 128 Å². The first-order valence-corrected chi connectivity index (χ1v) is 6.72. The fourth-order valence-corrected chi connectivity index (χ4v) is 1.99. The monoisotopic (exact) mass is 333 g/mol. The highest BCUT2D eigenvalue weighted by atomic mass is 16.6. The van der Waals surface area contributed by atoms with Gasteiger partial charge in [0.05, 0.1) is 18.0 Å². The number of benzene rings is 1. The number of ether oxygens (including phenoxy) is 2. The van der Waals surface area contributed by atoms with Crippen LogP contribution in [0.3, 0.4) is 0 Å². The molecule has 126 valence electrons. The largest absolute Gasteiger partial charge is 0.546 e. The summed E-state index contributed by atoms with van der Waals surface area (Å²) in [6, 6.07) is 4.87. The molecule has 0 fully saturated rings. The van der Waals surface area contributed by atoms with E-state index in [4.69, 9.17) is 14.0 Å². The molecule has 0 atom stereocenters. The number of carboxylic acids is 1. The van der Waals surface area contributed by atoms with Gasteiger partial charge in [0, 0.05) is 5.56 Å². The zero-order valence-corrected chi connectivity index (χ0v) is 12.8. The molecule has 1 heterocycles. The predicted octanol–water partition coefficient (Wildman–Crippen LogP) is 1.20. The number of aromatic nitrogens is 1. The van der Waals surface area contributed by atoms with Crippen molar-refractivity contribution in [2.75, 3.05) is 13.7 Å². The quantitative estimate of drug-likeness (QED) is 0.546. The van der Waals surface area contributed by atoms with E-state index in [2.05, 4.69) is 5.16 Å². The maximum atomic E-state index is 11.0. The molecule has 2 rings (SSSR count). The number of aliphatic carboxylic acids is 1. The molecule has 0 aliphatic carbocycles. The summed E-state index contributed by atoms with van der Waals surface area (Å²) in [5, 5.41) is 25.2. The van der Waals surface area contributed by atoms with Crippen molar-refractivity contribution in [1.29, 1.82) is 0 Å². The molecule has 0 saturated heterocycles. The number of carbonyl (C=O) groups excluding carboxylic acids is 1. The smallest absolute Gasteiger partial charge is 0.338 e. The van der Waals surface area contributed by atoms with E-state index in [0.29, 0.717) is 11.3 Å². The van der Waals surface area contributed by atoms with Gasteiger partial charge >= 0.3 is 5.69 Å². The number of rotatable bonds is 7. The number of aryl methyl sites for hydroxylation is 1. The molecule has 0 amide bonds. The summed E-state index contributed by atoms with van der Waals surface area (Å²) in [5.74, 6) is -0.954. The van der Waals surface area contributed by atoms with Gasteiger partial charge in [-0.05, 0) is 25.1 Å². The molecular weight excluding hydrogens is 320 g/mol. The van der Waals surface area contributed by atoms with Gasteiger partial charge in [0.25, 0.3) is 0 Å². The molecule has 0 radical (unpaired) electrons. The van der Waals surface area contributed by atoms with Crippen molar-refractivity contribution in [3.8, 4) is 11.5 Å². The molecule has 0 spiro atoms. The molecule has 0 bridgehead atoms. The Morgan fingerprint density at radius 3 is 2.79 bits per heavy atom. The van der Waals surface area contributed by atoms with Crippen LogP contribution in [-0.4, -0.2) is 29.8 Å². The zero-order chi connectivity index (χ0) is 17.7. The molecule has 0 N–H and O–H groups in total. The van der Waals surface area contributed by atoms with Crippen LogP contribution in [0.2, 0.25) is 0 Å². The Hall–Kier alpha value is -3.36. The first kappa shape index (κ1) is 17.0. The summed E-state index contributed by atoms with van der Waals surface area (Å²) in [7, 11) is 1.40. The molecule has 24 heavy (non-hydrogen) atoms. The summed E-state index contributed by atoms with van der Waals surface area (Å²) in [6.45, 7) is 0.793. The third kappa shape index (κ3) is 3.69. The summed E-state index contributed by atoms with van der Waals surface area (Å²) >= 11 is 0. The lowest BCUT2D eigenvalue weighted by atomic mass is 10.1. The van der Waals surface area contributed by atoms with Crippen LogP contribution in [0, 0.1) is 17.0 Å². The van der Waals surface area contributed by atoms with Crippen LogP contribution in [0.15, 0.2) is 22.7 Å². The molecule has 0 aliphatic rings. The summed E-state index contributed by atoms with van der Waals surface area (Å²) in [5.41, 5.74) is 0.351. The standard InChI is InChI=1S/C15H14N2O7/c1-9-14(17(20)21)11(24-16-9)7-6-10-4-3-5-12(22-2)15(10)23-8-13(18)19/h3-7H,8H2,1-2H3,(H,18,19)/p-1. The molecule has 0 unspecified atom stereocenters. The van der Waals surface area contributed by atoms with Gasteiger partial charge in [0.1, 0.15) is 6.61 Å². The number of hydrogen-bond donors (Lipinski definition) is 0. The van der Waals surface area contributed by atoms with Gasteiger partial charge in [-0.2, -0.15) is 0 Å². The van der Waals surface area contributed by atoms with Gasteiger partial charge in [0.15, 0.2) is 17.2 Å². The maximum absolute atomic E-state index is 11.0. The highest BCUT2D eigenvalue weighted by Crippen LogP contribution is 2.33. The Bertz CT molecular complexity index is 795. The Labute approximate surface area is 136 Å². The van der Waals surface area contributed by atoms with Crippen LogP contribution in [0.25, 0.3) is 12.2 Å². The normalized spacial score (nSPS) is 10.8. The first-order chi connectivity index (χ1) is 11.4. The lowest BCUT2D eigenvalue weighted by Crippen LogP contribution is -2.29. The fraction of sp³-hybridized carbons (Fsp3) is 0.200. The average molecular weight is 333 g/mol. The Balaban J connectivity index is 2.38. The molecule has 2 aromatic rings. The number of nitro groups is 1. The van der Waals surface area contributed by atoms with Crippen molar-refractivity contribution >= 4 is 23.8 Å². The Kier molecular flexibility index (Phi) is 5.15. The van der Waals surface area contributed by atoms with Crippen molar-refractivity contribution < 1.29 is 28.8 Å². The molecular formula is C15H13N2O7-. The number of nitrogens with zero attached hydrogens (tertiary/aromatic N) is 2. The lowest BCUT2D eigenvalue weighted by Gasteiger charge is -2.13. The maximum Gasteiger partial charge on any atom is 0.338 e. The van der Waals surface area contributed by atoms with Crippen LogP contribution in [0.5, 0.6) is 11.5 Å². The van der Waals surface area contributed by atoms with E-state index >= 15 is 0 Å². The van der Waals surface area contributed by atoms with E-state index in [1.807, 2.05) is 0 Å². The van der Waals surface area contributed by atoms with E-state index in [9.17, 15) is 20.0 Å². The zero-order valence-electron chi connectivity index (χ0n) is 12.8. The minimum absolute atomic E-state index is 0.0360. The van der Waals surface area contributed by atoms with Crippen molar-refractivity contribution in [1.82, 2.24) is 5.16 Å². The first-order valence-electron chi connectivity index (χ1n) is 6.72. The van der Waals surface area contributed by atoms with Crippen LogP contribution < -0.4 is 14.6 Å². The van der Waals surface area contributed by atoms with E-state index in [1.165, 1.54) is 26.2 Å². The highest BCUT2D eigenvalue weighted by molar-refractivity contribution is 5.76. The van der Waals surface area contributed by atoms with Crippen LogP contribution in [0.4, 0.5) is 5.69 Å². The number of carboxylic acid groups (broad SMARTS) is 1. The van der Waals surface area contributed by atoms with Gasteiger partial charge in [0.2, 0.25) is 5.76 Å². The Morgan fingerprint density at radius 1 is 1.42 bits per heavy atom. The minimum atomic E-state index is -1.39. The van der Waals surface area contributed by atoms with E-state index < -0.39 is 17.5 Å². The summed E-state index contributed by atoms with van der Waals surface area (Å²) in [6.07, 6.45) is 2.82. The second-order valence-electron chi connectivity index (χ2n) is 4.61. The van der Waals surface area contributed by atoms with Gasteiger partial charge < -0.3 is 23.9 Å². The van der Waals surface area contributed by atoms with Crippen molar-refractivity contribution in [3.05, 3.63) is 45.3 Å². The van der Waals surface area contributed by atoms with Gasteiger partial charge in [-0.3, -0.25) is 10.1 Å². The van der Waals surface area contributed by atoms with E-state index in [0.717, 1.165) is 0 Å². The van der Waals surface area contributed by atoms with E-state index in [1.54, 1.807) is 18.2 Å². The number of para-hydroxylation sites is 1. The van der Waals surface area contributed by atoms with Gasteiger partial charge in [-0.25, -0.2) is 0 Å². The van der Waals surface area contributed by atoms with Crippen molar-refractivity contribution in [2.45, 2.75) is 6.92 Å². The number of hydrogen-bond acceptors (Lipinski definition) is 8. The molecule has 9 nitrogen and oxygen atoms in total. The highest BCUT2D eigenvalue weighted by Gasteiger charge is 2.22. The Morgan fingerprint density at radius 2 is 2.17 bits per heavy atom. The molecule has 1 aromatic heterocycles. The molecule has 9 heteroatoms. The average Bonchev–Trinajstić information content (AvgIpc) is 2.91. The van der Waals surface area contributed by atoms with Gasteiger partial charge in [-0.1, -0.05) is 17.3 Å². The van der Waals surface area contributed by atoms with Crippen molar-refractivity contribution in [3.63, 3.8) is 0 Å². The second-order valence-corrected chi connectivity index (χ2v) is 4.61. The third-order valence-electron chi connectivity index (χ3n) is 3.02. The van der Waals surface area contributed by atoms with Crippen LogP contribution >= 0.6 is 0 Å². The molecule has 0 aliphatic heterocycles. The van der Waals surface area contributed by atoms with E-state index in [-0.39, 0.29) is 22.9 Å². The summed E-state index contributed by atoms with van der Waals surface area (Å²) in [4.78, 5) is 21.0. The minimum Gasteiger partial charge on any atom is -0.546 e. The van der Waals surface area contributed by atoms with Crippen LogP contribution in [-0.2, 0) is 4.79 Å². The molecule has 1 aromatic carbocycles. The number of carbonyl (C=O) groups is 1. The second kappa shape index (κ2) is 7.27. The number of methoxy groups -OCH3 is 1. The summed E-state index contributed by atoms with van der Waals surface area (Å²) < 4.78 is 15.2.